The molecule has 0 aromatic heterocycles. The average Bonchev–Trinajstić information content (AvgIpc) is 2.97. The third kappa shape index (κ3) is 4.03. The Balaban J connectivity index is 1.92. The molecule has 4 heteroatoms. The molecule has 0 radical (unpaired) electrons. The van der Waals surface area contributed by atoms with Crippen molar-refractivity contribution >= 4 is 18.7 Å². The largest absolute Gasteiger partial charge is 0.534 e. The van der Waals surface area contributed by atoms with Crippen LogP contribution in [-0.2, 0) is 6.42 Å². The summed E-state index contributed by atoms with van der Waals surface area (Å²) in [4.78, 5) is 0. The van der Waals surface area contributed by atoms with Crippen molar-refractivity contribution in [2.24, 2.45) is 5.92 Å². The summed E-state index contributed by atoms with van der Waals surface area (Å²) >= 11 is 0. The minimum Gasteiger partial charge on any atom is -0.534 e. The molecule has 168 valence electrons. The lowest BCUT2D eigenvalue weighted by Crippen LogP contribution is -2.68. The lowest BCUT2D eigenvalue weighted by atomic mass is 9.94. The molecule has 0 aliphatic heterocycles. The van der Waals surface area contributed by atoms with Crippen molar-refractivity contribution in [1.82, 2.24) is 0 Å². The number of aliphatic hydroxyl groups is 2. The van der Waals surface area contributed by atoms with E-state index in [-0.39, 0.29) is 17.6 Å². The molecule has 2 N–H and O–H groups in total. The summed E-state index contributed by atoms with van der Waals surface area (Å²) in [6.07, 6.45) is 1.92. The first kappa shape index (κ1) is 22.8. The standard InChI is InChI=1S/C28H34O3Si/c1-28(2,3)32(22-13-6-4-7-14-22,23-15-8-5-9-16-23)31-26-19-11-18-25-24(26)17-10-12-21(20-29)27(25)30/h4-9,11,13-16,18-19,21,27,29-30H,10,12,17,20H2,1-3H3. The maximum Gasteiger partial charge on any atom is 0.319 e. The van der Waals surface area contributed by atoms with E-state index in [0.29, 0.717) is 0 Å². The fourth-order valence-corrected chi connectivity index (χ4v) is 9.63. The third-order valence-electron chi connectivity index (χ3n) is 6.85. The van der Waals surface area contributed by atoms with Crippen LogP contribution in [0.1, 0.15) is 50.8 Å². The van der Waals surface area contributed by atoms with E-state index in [2.05, 4.69) is 87.5 Å². The molecule has 0 spiro atoms. The fourth-order valence-electron chi connectivity index (χ4n) is 5.18. The molecule has 1 aliphatic carbocycles. The van der Waals surface area contributed by atoms with Crippen LogP contribution in [0.25, 0.3) is 0 Å². The van der Waals surface area contributed by atoms with Crippen molar-refractivity contribution in [2.75, 3.05) is 6.61 Å². The summed E-state index contributed by atoms with van der Waals surface area (Å²) in [6, 6.07) is 27.3. The molecule has 32 heavy (non-hydrogen) atoms. The van der Waals surface area contributed by atoms with Crippen LogP contribution in [0.3, 0.4) is 0 Å². The number of benzene rings is 3. The van der Waals surface area contributed by atoms with Gasteiger partial charge in [-0.05, 0) is 51.9 Å². The van der Waals surface area contributed by atoms with Gasteiger partial charge in [0.05, 0.1) is 6.10 Å². The first-order valence-electron chi connectivity index (χ1n) is 11.6. The van der Waals surface area contributed by atoms with E-state index in [1.54, 1.807) is 0 Å². The molecule has 1 aliphatic rings. The Labute approximate surface area is 192 Å². The van der Waals surface area contributed by atoms with Gasteiger partial charge in [0.25, 0.3) is 0 Å². The number of fused-ring (bicyclic) bond motifs is 1. The van der Waals surface area contributed by atoms with Crippen LogP contribution in [0.2, 0.25) is 5.04 Å². The second-order valence-electron chi connectivity index (χ2n) is 9.87. The van der Waals surface area contributed by atoms with Gasteiger partial charge in [-0.3, -0.25) is 0 Å². The Morgan fingerprint density at radius 1 is 0.875 bits per heavy atom. The molecule has 0 fully saturated rings. The molecule has 0 bridgehead atoms. The van der Waals surface area contributed by atoms with Gasteiger partial charge in [-0.25, -0.2) is 0 Å². The van der Waals surface area contributed by atoms with E-state index >= 15 is 0 Å². The predicted octanol–water partition coefficient (Wildman–Crippen LogP) is 4.60. The molecule has 0 saturated carbocycles. The second-order valence-corrected chi connectivity index (χ2v) is 14.1. The van der Waals surface area contributed by atoms with Crippen LogP contribution in [-0.4, -0.2) is 25.1 Å². The van der Waals surface area contributed by atoms with Gasteiger partial charge in [-0.1, -0.05) is 93.6 Å². The molecule has 0 amide bonds. The highest BCUT2D eigenvalue weighted by atomic mass is 28.4. The second kappa shape index (κ2) is 9.22. The van der Waals surface area contributed by atoms with Gasteiger partial charge in [0, 0.05) is 12.5 Å². The first-order chi connectivity index (χ1) is 15.4. The highest BCUT2D eigenvalue weighted by molar-refractivity contribution is 7.00. The van der Waals surface area contributed by atoms with Crippen LogP contribution in [0, 0.1) is 5.92 Å². The van der Waals surface area contributed by atoms with Gasteiger partial charge in [0.2, 0.25) is 0 Å². The van der Waals surface area contributed by atoms with Gasteiger partial charge in [0.1, 0.15) is 5.75 Å². The highest BCUT2D eigenvalue weighted by Gasteiger charge is 2.52. The lowest BCUT2D eigenvalue weighted by Gasteiger charge is -2.43. The summed E-state index contributed by atoms with van der Waals surface area (Å²) < 4.78 is 7.28. The van der Waals surface area contributed by atoms with Gasteiger partial charge in [0.15, 0.2) is 0 Å². The maximum absolute atomic E-state index is 11.0. The predicted molar refractivity (Wildman–Crippen MR) is 133 cm³/mol. The summed E-state index contributed by atoms with van der Waals surface area (Å²) in [5.74, 6) is 0.744. The Bertz CT molecular complexity index is 988. The van der Waals surface area contributed by atoms with Gasteiger partial charge < -0.3 is 14.6 Å². The summed E-state index contributed by atoms with van der Waals surface area (Å²) in [5.41, 5.74) is 1.99. The lowest BCUT2D eigenvalue weighted by molar-refractivity contribution is 0.0637. The van der Waals surface area contributed by atoms with E-state index < -0.39 is 14.4 Å². The topological polar surface area (TPSA) is 49.7 Å². The Morgan fingerprint density at radius 2 is 1.47 bits per heavy atom. The van der Waals surface area contributed by atoms with Crippen molar-refractivity contribution in [2.45, 2.75) is 51.2 Å². The van der Waals surface area contributed by atoms with Crippen molar-refractivity contribution in [3.8, 4) is 5.75 Å². The van der Waals surface area contributed by atoms with Gasteiger partial charge >= 0.3 is 8.32 Å². The summed E-state index contributed by atoms with van der Waals surface area (Å²) in [5, 5.41) is 23.1. The van der Waals surface area contributed by atoms with E-state index in [4.69, 9.17) is 4.43 Å². The van der Waals surface area contributed by atoms with Crippen molar-refractivity contribution in [3.63, 3.8) is 0 Å². The minimum absolute atomic E-state index is 0.000398. The fraction of sp³-hybridized carbons (Fsp3) is 0.357. The molecule has 3 aromatic rings. The zero-order valence-electron chi connectivity index (χ0n) is 19.3. The number of aliphatic hydroxyl groups excluding tert-OH is 2. The van der Waals surface area contributed by atoms with E-state index in [1.165, 1.54) is 10.4 Å². The Morgan fingerprint density at radius 3 is 2.00 bits per heavy atom. The van der Waals surface area contributed by atoms with Gasteiger partial charge in [-0.15, -0.1) is 0 Å². The molecule has 0 heterocycles. The minimum atomic E-state index is -2.74. The zero-order chi connectivity index (χ0) is 22.8. The zero-order valence-corrected chi connectivity index (χ0v) is 20.3. The van der Waals surface area contributed by atoms with E-state index in [9.17, 15) is 10.2 Å². The molecule has 2 atom stereocenters. The van der Waals surface area contributed by atoms with Crippen molar-refractivity contribution < 1.29 is 14.6 Å². The molecule has 4 rings (SSSR count). The first-order valence-corrected chi connectivity index (χ1v) is 13.5. The van der Waals surface area contributed by atoms with Crippen LogP contribution >= 0.6 is 0 Å². The van der Waals surface area contributed by atoms with E-state index in [0.717, 1.165) is 36.1 Å². The highest BCUT2D eigenvalue weighted by Crippen LogP contribution is 2.42. The van der Waals surface area contributed by atoms with E-state index in [1.807, 2.05) is 12.1 Å². The normalized spacial score (nSPS) is 19.2. The number of hydrogen-bond acceptors (Lipinski definition) is 3. The van der Waals surface area contributed by atoms with Crippen LogP contribution in [0.15, 0.2) is 78.9 Å². The smallest absolute Gasteiger partial charge is 0.319 e. The summed E-state index contributed by atoms with van der Waals surface area (Å²) in [7, 11) is -2.74. The molecule has 3 aromatic carbocycles. The molecule has 2 unspecified atom stereocenters. The molecule has 0 saturated heterocycles. The Hall–Kier alpha value is -2.40. The van der Waals surface area contributed by atoms with Crippen LogP contribution < -0.4 is 14.8 Å². The monoisotopic (exact) mass is 446 g/mol. The SMILES string of the molecule is CC(C)(C)[Si](Oc1cccc2c1CCCC(CO)C2O)(c1ccccc1)c1ccccc1. The molecule has 3 nitrogen and oxygen atoms in total. The number of rotatable bonds is 5. The molecular weight excluding hydrogens is 412 g/mol. The Kier molecular flexibility index (Phi) is 6.56. The average molecular weight is 447 g/mol. The number of hydrogen-bond donors (Lipinski definition) is 2. The van der Waals surface area contributed by atoms with Crippen molar-refractivity contribution in [3.05, 3.63) is 90.0 Å². The van der Waals surface area contributed by atoms with Gasteiger partial charge in [-0.2, -0.15) is 0 Å². The molecular formula is C28H34O3Si. The maximum atomic E-state index is 11.0. The van der Waals surface area contributed by atoms with Crippen LogP contribution in [0.4, 0.5) is 0 Å². The summed E-state index contributed by atoms with van der Waals surface area (Å²) in [6.45, 7) is 6.83. The quantitative estimate of drug-likeness (QED) is 0.445. The van der Waals surface area contributed by atoms with Crippen LogP contribution in [0.5, 0.6) is 5.75 Å². The third-order valence-corrected chi connectivity index (χ3v) is 11.8. The van der Waals surface area contributed by atoms with Crippen molar-refractivity contribution in [1.29, 1.82) is 0 Å².